The molecule has 0 radical (unpaired) electrons. The third kappa shape index (κ3) is 2.22. The van der Waals surface area contributed by atoms with Crippen LogP contribution in [-0.4, -0.2) is 24.4 Å². The van der Waals surface area contributed by atoms with E-state index in [4.69, 9.17) is 16.3 Å². The summed E-state index contributed by atoms with van der Waals surface area (Å²) < 4.78 is 7.42. The minimum atomic E-state index is -0.206. The number of fused-ring (bicyclic) bond motifs is 5. The molecule has 2 aromatic carbocycles. The standard InChI is InChI=1S/C17H13ClNO2.Y/c1-19-9-13-11-4-2-3-5-14(11)21-15-7-6-10(18)8-12(15)16(13)17(19)20;/h3-8,13,16H,9H2,1H3;. The molecule has 2 aliphatic rings. The van der Waals surface area contributed by atoms with Gasteiger partial charge in [-0.25, -0.2) is 0 Å². The number of hydrogen-bond donors (Lipinski definition) is 0. The third-order valence-electron chi connectivity index (χ3n) is 4.48. The van der Waals surface area contributed by atoms with Crippen LogP contribution >= 0.6 is 11.6 Å². The Morgan fingerprint density at radius 2 is 1.91 bits per heavy atom. The van der Waals surface area contributed by atoms with Crippen molar-refractivity contribution in [3.63, 3.8) is 0 Å². The van der Waals surface area contributed by atoms with Crippen molar-refractivity contribution in [1.29, 1.82) is 0 Å². The molecular weight excluding hydrogens is 375 g/mol. The Kier molecular flexibility index (Phi) is 3.56. The van der Waals surface area contributed by atoms with Crippen molar-refractivity contribution < 1.29 is 40.5 Å². The molecule has 0 N–H and O–H groups in total. The molecule has 0 aromatic heterocycles. The van der Waals surface area contributed by atoms with Gasteiger partial charge in [0.15, 0.2) is 0 Å². The fourth-order valence-electron chi connectivity index (χ4n) is 3.45. The van der Waals surface area contributed by atoms with E-state index in [1.807, 2.05) is 36.2 Å². The molecule has 4 rings (SSSR count). The second-order valence-corrected chi connectivity index (χ2v) is 7.96. The second kappa shape index (κ2) is 5.33. The number of carbonyl (C=O) groups excluding carboxylic acids is 1. The summed E-state index contributed by atoms with van der Waals surface area (Å²) in [5.74, 6) is 1.66. The van der Waals surface area contributed by atoms with Crippen molar-refractivity contribution in [3.8, 4) is 11.5 Å². The summed E-state index contributed by atoms with van der Waals surface area (Å²) in [7, 11) is 1.87. The number of hydrogen-bond acceptors (Lipinski definition) is 2. The van der Waals surface area contributed by atoms with Crippen LogP contribution < -0.4 is 7.11 Å². The fourth-order valence-corrected chi connectivity index (χ4v) is 4.31. The van der Waals surface area contributed by atoms with Gasteiger partial charge in [-0.3, -0.25) is 0 Å². The Labute approximate surface area is 154 Å². The van der Waals surface area contributed by atoms with Gasteiger partial charge in [0.1, 0.15) is 0 Å². The average molecular weight is 388 g/mol. The number of rotatable bonds is 0. The average Bonchev–Trinajstić information content (AvgIpc) is 2.71. The van der Waals surface area contributed by atoms with Crippen molar-refractivity contribution >= 4 is 19.9 Å². The summed E-state index contributed by atoms with van der Waals surface area (Å²) in [5.41, 5.74) is 2.04. The normalized spacial score (nSPS) is 22.4. The third-order valence-corrected chi connectivity index (χ3v) is 5.59. The maximum absolute atomic E-state index is 12.7. The first kappa shape index (κ1) is 14.7. The van der Waals surface area contributed by atoms with Crippen molar-refractivity contribution in [2.24, 2.45) is 0 Å². The summed E-state index contributed by atoms with van der Waals surface area (Å²) >= 11 is 7.22. The van der Waals surface area contributed by atoms with Crippen molar-refractivity contribution in [1.82, 2.24) is 4.90 Å². The van der Waals surface area contributed by atoms with E-state index in [1.165, 1.54) is 2.37 Å². The summed E-state index contributed by atoms with van der Waals surface area (Å²) in [4.78, 5) is 14.5. The predicted molar refractivity (Wildman–Crippen MR) is 80.7 cm³/mol. The van der Waals surface area contributed by atoms with Gasteiger partial charge >= 0.3 is 155 Å². The van der Waals surface area contributed by atoms with Crippen LogP contribution in [-0.2, 0) is 35.7 Å². The molecule has 5 heteroatoms. The zero-order valence-electron chi connectivity index (χ0n) is 12.0. The molecule has 22 heavy (non-hydrogen) atoms. The predicted octanol–water partition coefficient (Wildman–Crippen LogP) is 2.96. The number of nitrogens with zero attached hydrogens (tertiary/aromatic N) is 1. The van der Waals surface area contributed by atoms with E-state index in [9.17, 15) is 4.79 Å². The zero-order valence-corrected chi connectivity index (χ0v) is 15.6. The fraction of sp³-hybridized carbons (Fsp3) is 0.235. The number of carbonyl (C=O) groups is 1. The van der Waals surface area contributed by atoms with E-state index < -0.39 is 0 Å². The minimum absolute atomic E-state index is 0.125. The zero-order chi connectivity index (χ0) is 15.4. The van der Waals surface area contributed by atoms with Crippen LogP contribution in [0.25, 0.3) is 0 Å². The van der Waals surface area contributed by atoms with Gasteiger partial charge in [-0.05, 0) is 0 Å². The molecule has 1 saturated heterocycles. The van der Waals surface area contributed by atoms with Crippen LogP contribution in [0, 0.1) is 0 Å². The summed E-state index contributed by atoms with van der Waals surface area (Å²) in [6.45, 7) is 0.718. The van der Waals surface area contributed by atoms with Gasteiger partial charge in [-0.15, -0.1) is 0 Å². The topological polar surface area (TPSA) is 29.5 Å². The van der Waals surface area contributed by atoms with Gasteiger partial charge in [-0.2, -0.15) is 0 Å². The first-order chi connectivity index (χ1) is 10.5. The first-order valence-electron chi connectivity index (χ1n) is 7.16. The molecule has 0 spiro atoms. The van der Waals surface area contributed by atoms with E-state index in [2.05, 4.69) is 12.1 Å². The van der Waals surface area contributed by atoms with Crippen LogP contribution in [0.5, 0.6) is 11.5 Å². The first-order valence-corrected chi connectivity index (χ1v) is 8.96. The number of likely N-dealkylation sites (tertiary alicyclic amines) is 1. The van der Waals surface area contributed by atoms with Crippen molar-refractivity contribution in [2.45, 2.75) is 11.8 Å². The number of likely N-dealkylation sites (N-methyl/N-ethyl adjacent to an activating group) is 1. The van der Waals surface area contributed by atoms with E-state index in [0.29, 0.717) is 5.02 Å². The van der Waals surface area contributed by atoms with Gasteiger partial charge in [0.2, 0.25) is 0 Å². The van der Waals surface area contributed by atoms with E-state index in [-0.39, 0.29) is 17.7 Å². The van der Waals surface area contributed by atoms with E-state index in [0.717, 1.165) is 60.1 Å². The van der Waals surface area contributed by atoms with Gasteiger partial charge in [0.25, 0.3) is 0 Å². The summed E-state index contributed by atoms with van der Waals surface area (Å²) in [6.07, 6.45) is 0. The van der Waals surface area contributed by atoms with Crippen molar-refractivity contribution in [3.05, 3.63) is 52.5 Å². The van der Waals surface area contributed by atoms with Gasteiger partial charge in [-0.1, -0.05) is 0 Å². The molecular formula is C17H13ClNO2Y. The van der Waals surface area contributed by atoms with Crippen LogP contribution in [0.15, 0.2) is 36.4 Å². The molecule has 2 atom stereocenters. The molecule has 3 nitrogen and oxygen atoms in total. The van der Waals surface area contributed by atoms with E-state index >= 15 is 0 Å². The Hall–Kier alpha value is -0.896. The molecule has 2 unspecified atom stereocenters. The number of amides is 1. The molecule has 2 aromatic rings. The van der Waals surface area contributed by atoms with Crippen LogP contribution in [0.2, 0.25) is 5.02 Å². The van der Waals surface area contributed by atoms with Gasteiger partial charge in [0, 0.05) is 0 Å². The number of benzene rings is 2. The molecule has 0 aliphatic carbocycles. The molecule has 0 saturated carbocycles. The van der Waals surface area contributed by atoms with Crippen molar-refractivity contribution in [2.75, 3.05) is 13.6 Å². The molecule has 0 bridgehead atoms. The second-order valence-electron chi connectivity index (χ2n) is 5.88. The monoisotopic (exact) mass is 387 g/mol. The number of halogens is 1. The van der Waals surface area contributed by atoms with Crippen LogP contribution in [0.1, 0.15) is 23.0 Å². The van der Waals surface area contributed by atoms with Crippen LogP contribution in [0.4, 0.5) is 0 Å². The Bertz CT molecular complexity index is 792. The quantitative estimate of drug-likeness (QED) is 0.695. The van der Waals surface area contributed by atoms with Gasteiger partial charge in [0.05, 0.1) is 0 Å². The summed E-state index contributed by atoms with van der Waals surface area (Å²) in [6, 6.07) is 11.9. The molecule has 2 aliphatic heterocycles. The van der Waals surface area contributed by atoms with E-state index in [1.54, 1.807) is 0 Å². The summed E-state index contributed by atoms with van der Waals surface area (Å²) in [5, 5.41) is 0.637. The van der Waals surface area contributed by atoms with Gasteiger partial charge < -0.3 is 0 Å². The Morgan fingerprint density at radius 1 is 1.18 bits per heavy atom. The molecule has 1 fully saturated rings. The SMILES string of the molecule is CN1CC2c3c[c]([Y])ccc3Oc3ccc(Cl)cc3C2C1=O. The molecule has 1 amide bonds. The Morgan fingerprint density at radius 3 is 2.73 bits per heavy atom. The number of ether oxygens (including phenoxy) is 1. The molecule has 2 heterocycles. The van der Waals surface area contributed by atoms with Crippen LogP contribution in [0.3, 0.4) is 0 Å². The Balaban J connectivity index is 1.98. The molecule has 108 valence electrons. The maximum atomic E-state index is 12.7.